The van der Waals surface area contributed by atoms with Crippen LogP contribution >= 0.6 is 0 Å². The third-order valence-electron chi connectivity index (χ3n) is 2.95. The second kappa shape index (κ2) is 6.44. The van der Waals surface area contributed by atoms with Crippen molar-refractivity contribution in [2.45, 2.75) is 25.8 Å². The van der Waals surface area contributed by atoms with Gasteiger partial charge in [-0.3, -0.25) is 4.79 Å². The first-order chi connectivity index (χ1) is 8.47. The van der Waals surface area contributed by atoms with E-state index in [0.717, 1.165) is 12.1 Å². The van der Waals surface area contributed by atoms with Crippen LogP contribution < -0.4 is 0 Å². The van der Waals surface area contributed by atoms with Crippen molar-refractivity contribution in [2.24, 2.45) is 0 Å². The van der Waals surface area contributed by atoms with Crippen molar-refractivity contribution < 1.29 is 18.7 Å². The molecule has 0 aromatic heterocycles. The summed E-state index contributed by atoms with van der Waals surface area (Å²) >= 11 is 0. The number of nitrogens with zero attached hydrogens (tertiary/aromatic N) is 1. The molecule has 1 aromatic carbocycles. The first-order valence-electron chi connectivity index (χ1n) is 5.78. The first kappa shape index (κ1) is 14.6. The van der Waals surface area contributed by atoms with Gasteiger partial charge in [-0.2, -0.15) is 0 Å². The van der Waals surface area contributed by atoms with Crippen LogP contribution in [0.5, 0.6) is 0 Å². The molecule has 0 saturated heterocycles. The third-order valence-corrected chi connectivity index (χ3v) is 2.95. The number of rotatable bonds is 5. The van der Waals surface area contributed by atoms with Crippen molar-refractivity contribution >= 4 is 5.91 Å². The van der Waals surface area contributed by atoms with Crippen molar-refractivity contribution in [2.75, 3.05) is 13.7 Å². The summed E-state index contributed by atoms with van der Waals surface area (Å²) in [4.78, 5) is 13.2. The molecule has 100 valence electrons. The fraction of sp³-hybridized carbons (Fsp3) is 0.462. The molecule has 0 spiro atoms. The zero-order valence-electron chi connectivity index (χ0n) is 10.5. The average Bonchev–Trinajstić information content (AvgIpc) is 2.37. The van der Waals surface area contributed by atoms with Gasteiger partial charge in [0.05, 0.1) is 6.04 Å². The molecule has 0 saturated carbocycles. The highest BCUT2D eigenvalue weighted by Gasteiger charge is 2.18. The molecule has 0 aliphatic carbocycles. The zero-order chi connectivity index (χ0) is 13.7. The molecule has 1 amide bonds. The highest BCUT2D eigenvalue weighted by Crippen LogP contribution is 2.21. The summed E-state index contributed by atoms with van der Waals surface area (Å²) in [6, 6.07) is 3.26. The second-order valence-corrected chi connectivity index (χ2v) is 4.18. The van der Waals surface area contributed by atoms with Crippen LogP contribution in [0, 0.1) is 11.6 Å². The van der Waals surface area contributed by atoms with Gasteiger partial charge >= 0.3 is 0 Å². The van der Waals surface area contributed by atoms with Gasteiger partial charge in [0, 0.05) is 20.1 Å². The Morgan fingerprint density at radius 1 is 1.39 bits per heavy atom. The molecular weight excluding hydrogens is 240 g/mol. The zero-order valence-corrected chi connectivity index (χ0v) is 10.5. The third kappa shape index (κ3) is 3.50. The lowest BCUT2D eigenvalue weighted by molar-refractivity contribution is -0.132. The number of carbonyl (C=O) groups is 1. The van der Waals surface area contributed by atoms with Gasteiger partial charge in [-0.25, -0.2) is 8.78 Å². The second-order valence-electron chi connectivity index (χ2n) is 4.18. The normalized spacial score (nSPS) is 12.3. The highest BCUT2D eigenvalue weighted by molar-refractivity contribution is 5.76. The van der Waals surface area contributed by atoms with Crippen LogP contribution in [0.25, 0.3) is 0 Å². The number of halogens is 2. The van der Waals surface area contributed by atoms with Crippen LogP contribution in [0.15, 0.2) is 18.2 Å². The molecule has 3 nitrogen and oxygen atoms in total. The van der Waals surface area contributed by atoms with Crippen molar-refractivity contribution in [1.82, 2.24) is 4.90 Å². The minimum Gasteiger partial charge on any atom is -0.396 e. The fourth-order valence-electron chi connectivity index (χ4n) is 1.62. The Kier molecular flexibility index (Phi) is 5.22. The standard InChI is InChI=1S/C13H17F2NO2/c1-9(16(2)13(18)4-3-7-17)10-5-6-11(14)12(15)8-10/h5-6,8-9,17H,3-4,7H2,1-2H3. The van der Waals surface area contributed by atoms with E-state index < -0.39 is 11.6 Å². The molecule has 5 heteroatoms. The number of aliphatic hydroxyl groups is 1. The van der Waals surface area contributed by atoms with Gasteiger partial charge in [-0.15, -0.1) is 0 Å². The van der Waals surface area contributed by atoms with Crippen molar-refractivity contribution in [1.29, 1.82) is 0 Å². The Bertz CT molecular complexity index is 423. The fourth-order valence-corrected chi connectivity index (χ4v) is 1.62. The van der Waals surface area contributed by atoms with Crippen molar-refractivity contribution in [3.63, 3.8) is 0 Å². The Morgan fingerprint density at radius 3 is 2.61 bits per heavy atom. The van der Waals surface area contributed by atoms with Crippen LogP contribution in [0.3, 0.4) is 0 Å². The lowest BCUT2D eigenvalue weighted by Gasteiger charge is -2.25. The topological polar surface area (TPSA) is 40.5 Å². The molecule has 0 heterocycles. The molecule has 0 radical (unpaired) electrons. The maximum atomic E-state index is 13.1. The smallest absolute Gasteiger partial charge is 0.222 e. The van der Waals surface area contributed by atoms with Gasteiger partial charge in [-0.1, -0.05) is 6.07 Å². The van der Waals surface area contributed by atoms with Gasteiger partial charge < -0.3 is 10.0 Å². The molecule has 0 bridgehead atoms. The molecule has 1 unspecified atom stereocenters. The molecule has 1 aromatic rings. The van der Waals surface area contributed by atoms with Crippen LogP contribution in [0.2, 0.25) is 0 Å². The molecule has 1 rings (SSSR count). The van der Waals surface area contributed by atoms with Gasteiger partial charge in [0.2, 0.25) is 5.91 Å². The summed E-state index contributed by atoms with van der Waals surface area (Å²) in [6.45, 7) is 1.70. The van der Waals surface area contributed by atoms with Gasteiger partial charge in [-0.05, 0) is 31.0 Å². The van der Waals surface area contributed by atoms with Crippen molar-refractivity contribution in [3.8, 4) is 0 Å². The summed E-state index contributed by atoms with van der Waals surface area (Å²) in [5, 5.41) is 8.66. The summed E-state index contributed by atoms with van der Waals surface area (Å²) in [5.41, 5.74) is 0.536. The molecule has 18 heavy (non-hydrogen) atoms. The maximum absolute atomic E-state index is 13.1. The first-order valence-corrected chi connectivity index (χ1v) is 5.78. The van der Waals surface area contributed by atoms with E-state index in [0.29, 0.717) is 12.0 Å². The number of benzene rings is 1. The molecule has 1 atom stereocenters. The van der Waals surface area contributed by atoms with Crippen LogP contribution in [0.4, 0.5) is 8.78 Å². The number of carbonyl (C=O) groups excluding carboxylic acids is 1. The lowest BCUT2D eigenvalue weighted by atomic mass is 10.1. The molecule has 0 aliphatic heterocycles. The van der Waals surface area contributed by atoms with E-state index in [1.165, 1.54) is 11.0 Å². The maximum Gasteiger partial charge on any atom is 0.222 e. The molecule has 0 aliphatic rings. The predicted octanol–water partition coefficient (Wildman–Crippen LogP) is 2.26. The Balaban J connectivity index is 2.76. The monoisotopic (exact) mass is 257 g/mol. The van der Waals surface area contributed by atoms with E-state index >= 15 is 0 Å². The Morgan fingerprint density at radius 2 is 2.06 bits per heavy atom. The Hall–Kier alpha value is -1.49. The minimum atomic E-state index is -0.921. The minimum absolute atomic E-state index is 0.0425. The van der Waals surface area contributed by atoms with Gasteiger partial charge in [0.15, 0.2) is 11.6 Å². The van der Waals surface area contributed by atoms with E-state index in [1.54, 1.807) is 14.0 Å². The number of aliphatic hydroxyl groups excluding tert-OH is 1. The summed E-state index contributed by atoms with van der Waals surface area (Å²) in [7, 11) is 1.60. The lowest BCUT2D eigenvalue weighted by Crippen LogP contribution is -2.29. The molecular formula is C13H17F2NO2. The van der Waals surface area contributed by atoms with E-state index in [2.05, 4.69) is 0 Å². The quantitative estimate of drug-likeness (QED) is 0.879. The van der Waals surface area contributed by atoms with E-state index in [1.807, 2.05) is 0 Å². The van der Waals surface area contributed by atoms with E-state index in [-0.39, 0.29) is 25.0 Å². The SMILES string of the molecule is CC(c1ccc(F)c(F)c1)N(C)C(=O)CCCO. The number of amides is 1. The highest BCUT2D eigenvalue weighted by atomic mass is 19.2. The Labute approximate surface area is 105 Å². The molecule has 1 N–H and O–H groups in total. The number of hydrogen-bond donors (Lipinski definition) is 1. The van der Waals surface area contributed by atoms with E-state index in [4.69, 9.17) is 5.11 Å². The summed E-state index contributed by atoms with van der Waals surface area (Å²) < 4.78 is 25.9. The largest absolute Gasteiger partial charge is 0.396 e. The summed E-state index contributed by atoms with van der Waals surface area (Å²) in [5.74, 6) is -1.96. The van der Waals surface area contributed by atoms with E-state index in [9.17, 15) is 13.6 Å². The number of hydrogen-bond acceptors (Lipinski definition) is 2. The van der Waals surface area contributed by atoms with Gasteiger partial charge in [0.1, 0.15) is 0 Å². The van der Waals surface area contributed by atoms with Crippen LogP contribution in [0.1, 0.15) is 31.4 Å². The van der Waals surface area contributed by atoms with Crippen LogP contribution in [-0.4, -0.2) is 29.6 Å². The van der Waals surface area contributed by atoms with Gasteiger partial charge in [0.25, 0.3) is 0 Å². The molecule has 0 fully saturated rings. The van der Waals surface area contributed by atoms with Crippen molar-refractivity contribution in [3.05, 3.63) is 35.4 Å². The summed E-state index contributed by atoms with van der Waals surface area (Å²) in [6.07, 6.45) is 0.634. The van der Waals surface area contributed by atoms with Crippen LogP contribution in [-0.2, 0) is 4.79 Å². The predicted molar refractivity (Wildman–Crippen MR) is 63.9 cm³/mol. The average molecular weight is 257 g/mol.